The second kappa shape index (κ2) is 6.30. The highest BCUT2D eigenvalue weighted by molar-refractivity contribution is 6.70. The molecule has 0 amide bonds. The van der Waals surface area contributed by atoms with Crippen LogP contribution >= 0.6 is 0 Å². The van der Waals surface area contributed by atoms with Crippen LogP contribution in [0.4, 0.5) is 0 Å². The molecule has 100 valence electrons. The minimum Gasteiger partial charge on any atom is -0.540 e. The first-order valence-electron chi connectivity index (χ1n) is 5.96. The van der Waals surface area contributed by atoms with E-state index < -0.39 is 16.6 Å². The standard InChI is InChI=1S/C12H26O3Si2/c1-9-11(14-16(3,4)5)12(13-10-2)15-17(6,7)8/h9H,1,10H2,2-8H3/b12-11+. The molecule has 0 spiro atoms. The molecule has 0 aliphatic heterocycles. The van der Waals surface area contributed by atoms with Crippen LogP contribution in [0.2, 0.25) is 39.3 Å². The molecule has 0 aliphatic rings. The van der Waals surface area contributed by atoms with E-state index in [1.807, 2.05) is 6.92 Å². The lowest BCUT2D eigenvalue weighted by Crippen LogP contribution is -2.29. The summed E-state index contributed by atoms with van der Waals surface area (Å²) in [7, 11) is -3.39. The van der Waals surface area contributed by atoms with Gasteiger partial charge in [0.05, 0.1) is 6.61 Å². The van der Waals surface area contributed by atoms with Crippen molar-refractivity contribution in [3.63, 3.8) is 0 Å². The Balaban J connectivity index is 5.10. The molecule has 0 saturated heterocycles. The minimum absolute atomic E-state index is 0.490. The van der Waals surface area contributed by atoms with Gasteiger partial charge in [0, 0.05) is 0 Å². The van der Waals surface area contributed by atoms with Crippen molar-refractivity contribution in [1.29, 1.82) is 0 Å². The SMILES string of the molecule is C=C/C(O[Si](C)(C)C)=C(/OCC)O[Si](C)(C)C. The average Bonchev–Trinajstić information content (AvgIpc) is 2.10. The van der Waals surface area contributed by atoms with Gasteiger partial charge in [0.1, 0.15) is 0 Å². The van der Waals surface area contributed by atoms with Crippen LogP contribution in [0.5, 0.6) is 0 Å². The molecule has 0 heterocycles. The molecule has 0 unspecified atom stereocenters. The second-order valence-corrected chi connectivity index (χ2v) is 14.6. The van der Waals surface area contributed by atoms with E-state index >= 15 is 0 Å². The van der Waals surface area contributed by atoms with Gasteiger partial charge in [0.15, 0.2) is 5.76 Å². The predicted molar refractivity (Wildman–Crippen MR) is 77.7 cm³/mol. The third-order valence-electron chi connectivity index (χ3n) is 1.48. The van der Waals surface area contributed by atoms with Crippen molar-refractivity contribution in [3.05, 3.63) is 24.4 Å². The summed E-state index contributed by atoms with van der Waals surface area (Å²) in [5.74, 6) is 1.12. The van der Waals surface area contributed by atoms with E-state index in [1.165, 1.54) is 0 Å². The molecular weight excluding hydrogens is 248 g/mol. The first-order valence-corrected chi connectivity index (χ1v) is 12.8. The zero-order chi connectivity index (χ0) is 13.7. The van der Waals surface area contributed by atoms with E-state index in [4.69, 9.17) is 13.6 Å². The zero-order valence-electron chi connectivity index (χ0n) is 12.2. The quantitative estimate of drug-likeness (QED) is 0.398. The maximum absolute atomic E-state index is 5.92. The molecule has 0 aliphatic carbocycles. The predicted octanol–water partition coefficient (Wildman–Crippen LogP) is 4.08. The molecule has 0 N–H and O–H groups in total. The van der Waals surface area contributed by atoms with Crippen molar-refractivity contribution in [1.82, 2.24) is 0 Å². The highest BCUT2D eigenvalue weighted by Crippen LogP contribution is 2.20. The van der Waals surface area contributed by atoms with Crippen LogP contribution < -0.4 is 0 Å². The molecule has 0 atom stereocenters. The Hall–Kier alpha value is -0.686. The summed E-state index contributed by atoms with van der Waals surface area (Å²) >= 11 is 0. The van der Waals surface area contributed by atoms with Crippen molar-refractivity contribution in [2.75, 3.05) is 6.61 Å². The number of hydrogen-bond acceptors (Lipinski definition) is 3. The molecule has 0 radical (unpaired) electrons. The van der Waals surface area contributed by atoms with Gasteiger partial charge in [-0.25, -0.2) is 0 Å². The number of allylic oxidation sites excluding steroid dienone is 1. The molecule has 0 aromatic rings. The Kier molecular flexibility index (Phi) is 6.05. The fourth-order valence-electron chi connectivity index (χ4n) is 1.06. The van der Waals surface area contributed by atoms with E-state index in [0.29, 0.717) is 18.3 Å². The maximum Gasteiger partial charge on any atom is 0.308 e. The molecule has 17 heavy (non-hydrogen) atoms. The lowest BCUT2D eigenvalue weighted by molar-refractivity contribution is 0.0962. The summed E-state index contributed by atoms with van der Waals surface area (Å²) in [6, 6.07) is 0. The average molecular weight is 275 g/mol. The Morgan fingerprint density at radius 3 is 1.76 bits per heavy atom. The summed E-state index contributed by atoms with van der Waals surface area (Å²) in [6.45, 7) is 19.0. The number of hydrogen-bond donors (Lipinski definition) is 0. The van der Waals surface area contributed by atoms with Crippen LogP contribution in [0.3, 0.4) is 0 Å². The van der Waals surface area contributed by atoms with Gasteiger partial charge in [-0.3, -0.25) is 0 Å². The zero-order valence-corrected chi connectivity index (χ0v) is 14.2. The summed E-state index contributed by atoms with van der Waals surface area (Å²) < 4.78 is 17.4. The van der Waals surface area contributed by atoms with Crippen LogP contribution in [0.1, 0.15) is 6.92 Å². The third kappa shape index (κ3) is 8.09. The van der Waals surface area contributed by atoms with Gasteiger partial charge < -0.3 is 13.6 Å². The monoisotopic (exact) mass is 274 g/mol. The Bertz CT molecular complexity index is 285. The largest absolute Gasteiger partial charge is 0.540 e. The highest BCUT2D eigenvalue weighted by Gasteiger charge is 2.24. The summed E-state index contributed by atoms with van der Waals surface area (Å²) in [6.07, 6.45) is 1.67. The summed E-state index contributed by atoms with van der Waals surface area (Å²) in [4.78, 5) is 0. The lowest BCUT2D eigenvalue weighted by atomic mass is 10.5. The van der Waals surface area contributed by atoms with Crippen molar-refractivity contribution >= 4 is 16.6 Å². The Morgan fingerprint density at radius 2 is 1.47 bits per heavy atom. The normalized spacial score (nSPS) is 13.8. The van der Waals surface area contributed by atoms with Gasteiger partial charge in [-0.1, -0.05) is 6.58 Å². The van der Waals surface area contributed by atoms with Gasteiger partial charge >= 0.3 is 5.95 Å². The molecule has 3 nitrogen and oxygen atoms in total. The van der Waals surface area contributed by atoms with Gasteiger partial charge in [0.2, 0.25) is 16.6 Å². The summed E-state index contributed by atoms with van der Waals surface area (Å²) in [5, 5.41) is 0. The third-order valence-corrected chi connectivity index (χ3v) is 3.11. The van der Waals surface area contributed by atoms with E-state index in [9.17, 15) is 0 Å². The molecule has 0 rings (SSSR count). The topological polar surface area (TPSA) is 27.7 Å². The number of ether oxygens (including phenoxy) is 1. The van der Waals surface area contributed by atoms with Crippen molar-refractivity contribution in [3.8, 4) is 0 Å². The fourth-order valence-corrected chi connectivity index (χ4v) is 2.60. The highest BCUT2D eigenvalue weighted by atomic mass is 28.4. The molecule has 0 saturated carbocycles. The van der Waals surface area contributed by atoms with Crippen LogP contribution in [-0.4, -0.2) is 23.2 Å². The Morgan fingerprint density at radius 1 is 1.00 bits per heavy atom. The van der Waals surface area contributed by atoms with E-state index in [0.717, 1.165) is 0 Å². The van der Waals surface area contributed by atoms with E-state index in [-0.39, 0.29) is 0 Å². The first kappa shape index (κ1) is 16.3. The molecule has 5 heteroatoms. The molecule has 0 aromatic carbocycles. The first-order chi connectivity index (χ1) is 7.59. The maximum atomic E-state index is 5.92. The minimum atomic E-state index is -1.71. The molecular formula is C12H26O3Si2. The summed E-state index contributed by atoms with van der Waals surface area (Å²) in [5.41, 5.74) is 0. The van der Waals surface area contributed by atoms with Crippen LogP contribution in [0.15, 0.2) is 24.4 Å². The van der Waals surface area contributed by atoms with Crippen LogP contribution in [0, 0.1) is 0 Å². The number of rotatable bonds is 7. The molecule has 0 aromatic heterocycles. The van der Waals surface area contributed by atoms with Crippen LogP contribution in [0.25, 0.3) is 0 Å². The van der Waals surface area contributed by atoms with Crippen molar-refractivity contribution < 1.29 is 13.6 Å². The van der Waals surface area contributed by atoms with Gasteiger partial charge in [-0.05, 0) is 52.3 Å². The Labute approximate surface area is 108 Å². The van der Waals surface area contributed by atoms with E-state index in [1.54, 1.807) is 6.08 Å². The van der Waals surface area contributed by atoms with E-state index in [2.05, 4.69) is 45.9 Å². The molecule has 0 bridgehead atoms. The second-order valence-electron chi connectivity index (χ2n) is 5.72. The van der Waals surface area contributed by atoms with Crippen LogP contribution in [-0.2, 0) is 13.6 Å². The van der Waals surface area contributed by atoms with Gasteiger partial charge in [-0.2, -0.15) is 0 Å². The fraction of sp³-hybridized carbons (Fsp3) is 0.667. The van der Waals surface area contributed by atoms with Gasteiger partial charge in [-0.15, -0.1) is 0 Å². The van der Waals surface area contributed by atoms with Crippen molar-refractivity contribution in [2.24, 2.45) is 0 Å². The van der Waals surface area contributed by atoms with Crippen molar-refractivity contribution in [2.45, 2.75) is 46.2 Å². The molecule has 0 fully saturated rings. The van der Waals surface area contributed by atoms with Gasteiger partial charge in [0.25, 0.3) is 0 Å². The lowest BCUT2D eigenvalue weighted by Gasteiger charge is -2.26. The smallest absolute Gasteiger partial charge is 0.308 e.